The molecule has 0 heterocycles. The minimum Gasteiger partial charge on any atom is -0.295 e. The summed E-state index contributed by atoms with van der Waals surface area (Å²) in [6.45, 7) is 11.1. The Bertz CT molecular complexity index is 74.5. The van der Waals surface area contributed by atoms with E-state index in [4.69, 9.17) is 0 Å². The van der Waals surface area contributed by atoms with Gasteiger partial charge >= 0.3 is 0 Å². The predicted molar refractivity (Wildman–Crippen MR) is 36.7 cm³/mol. The van der Waals surface area contributed by atoms with Crippen LogP contribution in [0.25, 0.3) is 0 Å². The fourth-order valence-corrected chi connectivity index (χ4v) is 0.144. The Morgan fingerprint density at radius 2 is 2.00 bits per heavy atom. The van der Waals surface area contributed by atoms with E-state index in [1.807, 2.05) is 6.92 Å². The third-order valence-corrected chi connectivity index (χ3v) is 0.576. The summed E-state index contributed by atoms with van der Waals surface area (Å²) in [5, 5.41) is 0. The summed E-state index contributed by atoms with van der Waals surface area (Å²) in [6, 6.07) is 0. The van der Waals surface area contributed by atoms with Gasteiger partial charge in [-0.25, -0.2) is 0 Å². The molecule has 0 aliphatic rings. The summed E-state index contributed by atoms with van der Waals surface area (Å²) in [4.78, 5) is 10.1. The van der Waals surface area contributed by atoms with Crippen LogP contribution in [0, 0.1) is 0 Å². The van der Waals surface area contributed by atoms with Gasteiger partial charge in [0.25, 0.3) is 0 Å². The molecule has 0 spiro atoms. The van der Waals surface area contributed by atoms with Gasteiger partial charge in [0.15, 0.2) is 5.78 Å². The van der Waals surface area contributed by atoms with Gasteiger partial charge in [-0.3, -0.25) is 4.79 Å². The van der Waals surface area contributed by atoms with E-state index < -0.39 is 0 Å². The van der Waals surface area contributed by atoms with E-state index in [-0.39, 0.29) is 5.78 Å². The minimum atomic E-state index is 0.106. The molecule has 1 heteroatoms. The van der Waals surface area contributed by atoms with Crippen molar-refractivity contribution in [1.29, 1.82) is 0 Å². The smallest absolute Gasteiger partial charge is 0.154 e. The average Bonchev–Trinajstić information content (AvgIpc) is 1.91. The van der Waals surface area contributed by atoms with Crippen molar-refractivity contribution in [2.75, 3.05) is 0 Å². The Kier molecular flexibility index (Phi) is 12.1. The molecule has 0 aromatic heterocycles. The lowest BCUT2D eigenvalue weighted by molar-refractivity contribution is -0.114. The molecule has 1 nitrogen and oxygen atoms in total. The van der Waals surface area contributed by atoms with Gasteiger partial charge < -0.3 is 0 Å². The van der Waals surface area contributed by atoms with E-state index in [2.05, 4.69) is 19.7 Å². The van der Waals surface area contributed by atoms with Crippen molar-refractivity contribution in [3.8, 4) is 0 Å². The Hall–Kier alpha value is -0.850. The summed E-state index contributed by atoms with van der Waals surface area (Å²) in [7, 11) is 0. The van der Waals surface area contributed by atoms with E-state index in [9.17, 15) is 4.79 Å². The van der Waals surface area contributed by atoms with Gasteiger partial charge in [-0.05, 0) is 6.08 Å². The first-order chi connectivity index (χ1) is 3.81. The van der Waals surface area contributed by atoms with Crippen molar-refractivity contribution in [3.05, 3.63) is 25.8 Å². The summed E-state index contributed by atoms with van der Waals surface area (Å²) < 4.78 is 0. The molecule has 0 saturated carbocycles. The first kappa shape index (κ1) is 10.2. The average molecular weight is 112 g/mol. The maximum absolute atomic E-state index is 10.1. The zero-order chi connectivity index (χ0) is 6.99. The second-order valence-electron chi connectivity index (χ2n) is 1.02. The third kappa shape index (κ3) is 8.94. The van der Waals surface area contributed by atoms with Crippen molar-refractivity contribution in [3.63, 3.8) is 0 Å². The summed E-state index contributed by atoms with van der Waals surface area (Å²) in [6.07, 6.45) is 1.91. The van der Waals surface area contributed by atoms with Gasteiger partial charge in [0.1, 0.15) is 0 Å². The van der Waals surface area contributed by atoms with Crippen molar-refractivity contribution in [2.45, 2.75) is 13.3 Å². The highest BCUT2D eigenvalue weighted by atomic mass is 16.1. The topological polar surface area (TPSA) is 17.1 Å². The summed E-state index contributed by atoms with van der Waals surface area (Å²) in [5.74, 6) is 0.106. The van der Waals surface area contributed by atoms with Gasteiger partial charge in [0.2, 0.25) is 0 Å². The normalized spacial score (nSPS) is 6.12. The number of carbonyl (C=O) groups excluding carboxylic acids is 1. The predicted octanol–water partition coefficient (Wildman–Crippen LogP) is 1.95. The zero-order valence-electron chi connectivity index (χ0n) is 5.31. The van der Waals surface area contributed by atoms with Crippen molar-refractivity contribution in [2.24, 2.45) is 0 Å². The van der Waals surface area contributed by atoms with Crippen LogP contribution in [0.5, 0.6) is 0 Å². The molecule has 0 aliphatic heterocycles. The van der Waals surface area contributed by atoms with Crippen molar-refractivity contribution in [1.82, 2.24) is 0 Å². The number of allylic oxidation sites excluding steroid dienone is 1. The van der Waals surface area contributed by atoms with Crippen LogP contribution in [0.3, 0.4) is 0 Å². The van der Waals surface area contributed by atoms with E-state index >= 15 is 0 Å². The first-order valence-corrected chi connectivity index (χ1v) is 2.46. The first-order valence-electron chi connectivity index (χ1n) is 2.46. The number of hydrogen-bond donors (Lipinski definition) is 0. The van der Waals surface area contributed by atoms with E-state index in [1.165, 1.54) is 6.08 Å². The highest BCUT2D eigenvalue weighted by molar-refractivity contribution is 5.88. The number of carbonyl (C=O) groups is 1. The summed E-state index contributed by atoms with van der Waals surface area (Å²) >= 11 is 0. The molecule has 0 N–H and O–H groups in total. The molecule has 0 radical (unpaired) electrons. The molecule has 0 amide bonds. The second kappa shape index (κ2) is 9.47. The van der Waals surface area contributed by atoms with Crippen molar-refractivity contribution >= 4 is 5.78 Å². The Labute approximate surface area is 50.7 Å². The van der Waals surface area contributed by atoms with E-state index in [1.54, 1.807) is 0 Å². The maximum Gasteiger partial charge on any atom is 0.154 e. The Morgan fingerprint density at radius 1 is 1.62 bits per heavy atom. The molecule has 0 rings (SSSR count). The molecule has 0 saturated heterocycles. The van der Waals surface area contributed by atoms with Crippen LogP contribution >= 0.6 is 0 Å². The van der Waals surface area contributed by atoms with Crippen molar-refractivity contribution < 1.29 is 4.79 Å². The fourth-order valence-electron chi connectivity index (χ4n) is 0.144. The van der Waals surface area contributed by atoms with Gasteiger partial charge in [0.05, 0.1) is 0 Å². The van der Waals surface area contributed by atoms with Crippen LogP contribution in [0.1, 0.15) is 13.3 Å². The minimum absolute atomic E-state index is 0.106. The van der Waals surface area contributed by atoms with Crippen LogP contribution < -0.4 is 0 Å². The quantitative estimate of drug-likeness (QED) is 0.394. The van der Waals surface area contributed by atoms with Crippen LogP contribution in [0.15, 0.2) is 25.8 Å². The standard InChI is InChI=1S/C5H8O.C2H4/c1-3-5(6)4-2;1-2/h3H,1,4H2,2H3;1-2H2. The lowest BCUT2D eigenvalue weighted by Crippen LogP contribution is -1.83. The van der Waals surface area contributed by atoms with E-state index in [0.29, 0.717) is 6.42 Å². The van der Waals surface area contributed by atoms with Gasteiger partial charge in [-0.1, -0.05) is 13.5 Å². The van der Waals surface area contributed by atoms with Gasteiger partial charge in [-0.2, -0.15) is 0 Å². The highest BCUT2D eigenvalue weighted by Gasteiger charge is 1.81. The molecule has 0 aliphatic carbocycles. The molecular formula is C7H12O. The molecule has 0 bridgehead atoms. The van der Waals surface area contributed by atoms with Crippen LogP contribution in [0.2, 0.25) is 0 Å². The molecule has 0 aromatic rings. The number of hydrogen-bond acceptors (Lipinski definition) is 1. The maximum atomic E-state index is 10.1. The van der Waals surface area contributed by atoms with E-state index in [0.717, 1.165) is 0 Å². The third-order valence-electron chi connectivity index (χ3n) is 0.576. The number of rotatable bonds is 2. The van der Waals surface area contributed by atoms with Gasteiger partial charge in [0, 0.05) is 6.42 Å². The lowest BCUT2D eigenvalue weighted by atomic mass is 10.3. The second-order valence-corrected chi connectivity index (χ2v) is 1.02. The largest absolute Gasteiger partial charge is 0.295 e. The Balaban J connectivity index is 0. The van der Waals surface area contributed by atoms with Crippen LogP contribution in [-0.2, 0) is 4.79 Å². The molecular weight excluding hydrogens is 100 g/mol. The molecule has 0 unspecified atom stereocenters. The molecule has 8 heavy (non-hydrogen) atoms. The van der Waals surface area contributed by atoms with Crippen LogP contribution in [0.4, 0.5) is 0 Å². The monoisotopic (exact) mass is 112 g/mol. The number of ketones is 1. The van der Waals surface area contributed by atoms with Crippen LogP contribution in [-0.4, -0.2) is 5.78 Å². The SMILES string of the molecule is C=C.C=CC(=O)CC. The highest BCUT2D eigenvalue weighted by Crippen LogP contribution is 1.76. The fraction of sp³-hybridized carbons (Fsp3) is 0.286. The molecule has 0 fully saturated rings. The lowest BCUT2D eigenvalue weighted by Gasteiger charge is -1.75. The molecule has 0 aromatic carbocycles. The van der Waals surface area contributed by atoms with Gasteiger partial charge in [-0.15, -0.1) is 13.2 Å². The summed E-state index contributed by atoms with van der Waals surface area (Å²) in [5.41, 5.74) is 0. The Morgan fingerprint density at radius 3 is 2.00 bits per heavy atom. The zero-order valence-corrected chi connectivity index (χ0v) is 5.31. The molecule has 46 valence electrons. The molecule has 0 atom stereocenters.